The highest BCUT2D eigenvalue weighted by Gasteiger charge is 2.13. The van der Waals surface area contributed by atoms with Crippen LogP contribution in [0.2, 0.25) is 4.34 Å². The highest BCUT2D eigenvalue weighted by Crippen LogP contribution is 2.22. The van der Waals surface area contributed by atoms with Gasteiger partial charge in [0.05, 0.1) is 9.21 Å². The van der Waals surface area contributed by atoms with E-state index in [0.29, 0.717) is 14.8 Å². The molecule has 0 atom stereocenters. The van der Waals surface area contributed by atoms with Gasteiger partial charge in [0, 0.05) is 38.2 Å². The number of anilines is 1. The number of thiophene rings is 1. The number of nitrogens with one attached hydrogen (secondary N) is 2. The zero-order valence-corrected chi connectivity index (χ0v) is 15.4. The Balaban J connectivity index is 1.80. The molecule has 2 amide bonds. The average molecular weight is 380 g/mol. The molecule has 0 bridgehead atoms. The number of hydrazine groups is 1. The van der Waals surface area contributed by atoms with Crippen molar-refractivity contribution in [2.75, 3.05) is 19.0 Å². The van der Waals surface area contributed by atoms with Crippen molar-refractivity contribution in [1.82, 2.24) is 10.9 Å². The summed E-state index contributed by atoms with van der Waals surface area (Å²) < 4.78 is 0.528. The molecule has 0 aliphatic carbocycles. The number of ketones is 1. The van der Waals surface area contributed by atoms with Gasteiger partial charge in [0.25, 0.3) is 5.91 Å². The monoisotopic (exact) mass is 379 g/mol. The van der Waals surface area contributed by atoms with Crippen LogP contribution < -0.4 is 15.8 Å². The minimum absolute atomic E-state index is 0.0215. The van der Waals surface area contributed by atoms with Gasteiger partial charge in [-0.05, 0) is 30.3 Å². The summed E-state index contributed by atoms with van der Waals surface area (Å²) in [6.07, 6.45) is 0.0288. The Morgan fingerprint density at radius 2 is 1.84 bits per heavy atom. The SMILES string of the molecule is CN(C)c1cccc(C(=O)NNC(=O)CCC(=O)c2ccc(Cl)s2)c1. The maximum Gasteiger partial charge on any atom is 0.269 e. The number of carbonyl (C=O) groups excluding carboxylic acids is 3. The molecule has 1 heterocycles. The number of halogens is 1. The van der Waals surface area contributed by atoms with Crippen molar-refractivity contribution in [1.29, 1.82) is 0 Å². The van der Waals surface area contributed by atoms with Crippen LogP contribution in [0.1, 0.15) is 32.9 Å². The normalized spacial score (nSPS) is 10.2. The molecule has 0 aliphatic heterocycles. The molecule has 0 saturated carbocycles. The molecule has 8 heteroatoms. The first-order valence-corrected chi connectivity index (χ1v) is 8.71. The summed E-state index contributed by atoms with van der Waals surface area (Å²) in [6.45, 7) is 0. The Labute approximate surface area is 154 Å². The van der Waals surface area contributed by atoms with E-state index >= 15 is 0 Å². The fraction of sp³-hybridized carbons (Fsp3) is 0.235. The molecule has 0 fully saturated rings. The summed E-state index contributed by atoms with van der Waals surface area (Å²) in [4.78, 5) is 38.1. The van der Waals surface area contributed by atoms with E-state index < -0.39 is 11.8 Å². The number of hydrogen-bond acceptors (Lipinski definition) is 5. The Morgan fingerprint density at radius 3 is 2.48 bits per heavy atom. The van der Waals surface area contributed by atoms with Gasteiger partial charge in [-0.25, -0.2) is 0 Å². The number of hydrogen-bond donors (Lipinski definition) is 2. The predicted molar refractivity (Wildman–Crippen MR) is 99.3 cm³/mol. The number of nitrogens with zero attached hydrogens (tertiary/aromatic N) is 1. The van der Waals surface area contributed by atoms with E-state index in [9.17, 15) is 14.4 Å². The average Bonchev–Trinajstić information content (AvgIpc) is 3.04. The Hall–Kier alpha value is -2.38. The summed E-state index contributed by atoms with van der Waals surface area (Å²) in [5.41, 5.74) is 5.96. The fourth-order valence-corrected chi connectivity index (χ4v) is 3.01. The summed E-state index contributed by atoms with van der Waals surface area (Å²) in [7, 11) is 3.74. The number of carbonyl (C=O) groups is 3. The lowest BCUT2D eigenvalue weighted by molar-refractivity contribution is -0.121. The Morgan fingerprint density at radius 1 is 1.08 bits per heavy atom. The summed E-state index contributed by atoms with van der Waals surface area (Å²) in [5, 5.41) is 0. The third kappa shape index (κ3) is 5.58. The maximum absolute atomic E-state index is 12.1. The second-order valence-electron chi connectivity index (χ2n) is 5.47. The van der Waals surface area contributed by atoms with Crippen molar-refractivity contribution in [3.63, 3.8) is 0 Å². The third-order valence-electron chi connectivity index (χ3n) is 3.37. The van der Waals surface area contributed by atoms with Crippen LogP contribution in [0.4, 0.5) is 5.69 Å². The molecule has 2 N–H and O–H groups in total. The lowest BCUT2D eigenvalue weighted by atomic mass is 10.2. The molecule has 132 valence electrons. The maximum atomic E-state index is 12.1. The van der Waals surface area contributed by atoms with Crippen molar-refractivity contribution in [3.05, 3.63) is 51.2 Å². The zero-order valence-electron chi connectivity index (χ0n) is 13.8. The minimum Gasteiger partial charge on any atom is -0.378 e. The summed E-state index contributed by atoms with van der Waals surface area (Å²) >= 11 is 6.95. The van der Waals surface area contributed by atoms with E-state index in [1.165, 1.54) is 11.3 Å². The highest BCUT2D eigenvalue weighted by molar-refractivity contribution is 7.18. The number of benzene rings is 1. The second kappa shape index (κ2) is 8.64. The first-order chi connectivity index (χ1) is 11.9. The molecule has 0 radical (unpaired) electrons. The van der Waals surface area contributed by atoms with Crippen LogP contribution in [0.15, 0.2) is 36.4 Å². The van der Waals surface area contributed by atoms with Gasteiger partial charge in [0.2, 0.25) is 5.91 Å². The molecule has 1 aromatic carbocycles. The van der Waals surface area contributed by atoms with Crippen LogP contribution in [-0.4, -0.2) is 31.7 Å². The molecule has 2 rings (SSSR count). The van der Waals surface area contributed by atoms with Crippen molar-refractivity contribution < 1.29 is 14.4 Å². The number of Topliss-reactive ketones (excluding diaryl/α,β-unsaturated/α-hetero) is 1. The van der Waals surface area contributed by atoms with E-state index in [1.54, 1.807) is 30.3 Å². The topological polar surface area (TPSA) is 78.5 Å². The van der Waals surface area contributed by atoms with E-state index in [0.717, 1.165) is 5.69 Å². The zero-order chi connectivity index (χ0) is 18.4. The van der Waals surface area contributed by atoms with Gasteiger partial charge < -0.3 is 4.90 Å². The smallest absolute Gasteiger partial charge is 0.269 e. The van der Waals surface area contributed by atoms with E-state index in [4.69, 9.17) is 11.6 Å². The van der Waals surface area contributed by atoms with Crippen LogP contribution in [-0.2, 0) is 4.79 Å². The standard InChI is InChI=1S/C17H18ClN3O3S/c1-21(2)12-5-3-4-11(10-12)17(24)20-19-16(23)9-6-13(22)14-7-8-15(18)25-14/h3-5,7-8,10H,6,9H2,1-2H3,(H,19,23)(H,20,24). The van der Waals surface area contributed by atoms with Gasteiger partial charge in [0.1, 0.15) is 0 Å². The van der Waals surface area contributed by atoms with Crippen LogP contribution in [0, 0.1) is 0 Å². The van der Waals surface area contributed by atoms with Gasteiger partial charge in [0.15, 0.2) is 5.78 Å². The Bertz CT molecular complexity index is 789. The third-order valence-corrected chi connectivity index (χ3v) is 4.64. The van der Waals surface area contributed by atoms with Crippen molar-refractivity contribution in [2.45, 2.75) is 12.8 Å². The van der Waals surface area contributed by atoms with Crippen LogP contribution in [0.3, 0.4) is 0 Å². The van der Waals surface area contributed by atoms with Gasteiger partial charge in [-0.15, -0.1) is 11.3 Å². The van der Waals surface area contributed by atoms with Crippen molar-refractivity contribution in [3.8, 4) is 0 Å². The molecular weight excluding hydrogens is 362 g/mol. The molecule has 1 aromatic heterocycles. The summed E-state index contributed by atoms with van der Waals surface area (Å²) in [6, 6.07) is 10.3. The fourth-order valence-electron chi connectivity index (χ4n) is 2.00. The quantitative estimate of drug-likeness (QED) is 0.597. The largest absolute Gasteiger partial charge is 0.378 e. The van der Waals surface area contributed by atoms with Crippen molar-refractivity contribution in [2.24, 2.45) is 0 Å². The predicted octanol–water partition coefficient (Wildman–Crippen LogP) is 2.89. The first-order valence-electron chi connectivity index (χ1n) is 7.52. The molecule has 0 saturated heterocycles. The van der Waals surface area contributed by atoms with E-state index in [1.807, 2.05) is 25.1 Å². The summed E-state index contributed by atoms with van der Waals surface area (Å²) in [5.74, 6) is -1.02. The highest BCUT2D eigenvalue weighted by atomic mass is 35.5. The molecule has 0 spiro atoms. The van der Waals surface area contributed by atoms with E-state index in [-0.39, 0.29) is 18.6 Å². The van der Waals surface area contributed by atoms with Crippen molar-refractivity contribution >= 4 is 46.2 Å². The molecule has 2 aromatic rings. The molecule has 0 unspecified atom stereocenters. The Kier molecular flexibility index (Phi) is 6.55. The lowest BCUT2D eigenvalue weighted by Gasteiger charge is -2.13. The minimum atomic E-state index is -0.437. The van der Waals surface area contributed by atoms with Crippen LogP contribution in [0.5, 0.6) is 0 Å². The molecule has 0 aliphatic rings. The van der Waals surface area contributed by atoms with Gasteiger partial charge in [-0.3, -0.25) is 25.2 Å². The van der Waals surface area contributed by atoms with Gasteiger partial charge in [-0.2, -0.15) is 0 Å². The van der Waals surface area contributed by atoms with Gasteiger partial charge in [-0.1, -0.05) is 17.7 Å². The lowest BCUT2D eigenvalue weighted by Crippen LogP contribution is -2.41. The molecule has 6 nitrogen and oxygen atoms in total. The number of rotatable bonds is 6. The van der Waals surface area contributed by atoms with Crippen LogP contribution in [0.25, 0.3) is 0 Å². The molecule has 25 heavy (non-hydrogen) atoms. The van der Waals surface area contributed by atoms with Crippen LogP contribution >= 0.6 is 22.9 Å². The molecular formula is C17H18ClN3O3S. The van der Waals surface area contributed by atoms with Gasteiger partial charge >= 0.3 is 0 Å². The first kappa shape index (κ1) is 19.0. The number of amides is 2. The van der Waals surface area contributed by atoms with E-state index in [2.05, 4.69) is 10.9 Å². The second-order valence-corrected chi connectivity index (χ2v) is 7.19.